The Bertz CT molecular complexity index is 1070. The van der Waals surface area contributed by atoms with Gasteiger partial charge in [0.1, 0.15) is 17.5 Å². The minimum absolute atomic E-state index is 0.160. The zero-order valence-corrected chi connectivity index (χ0v) is 14.5. The zero-order chi connectivity index (χ0) is 19.4. The van der Waals surface area contributed by atoms with E-state index in [0.29, 0.717) is 5.75 Å². The van der Waals surface area contributed by atoms with Gasteiger partial charge in [-0.1, -0.05) is 30.3 Å². The summed E-state index contributed by atoms with van der Waals surface area (Å²) in [6, 6.07) is 18.9. The number of benzene rings is 3. The van der Waals surface area contributed by atoms with Crippen LogP contribution < -0.4 is 5.73 Å². The van der Waals surface area contributed by atoms with E-state index in [9.17, 15) is 9.90 Å². The summed E-state index contributed by atoms with van der Waals surface area (Å²) in [7, 11) is 0. The molecule has 0 spiro atoms. The third-order valence-electron chi connectivity index (χ3n) is 4.20. The van der Waals surface area contributed by atoms with Gasteiger partial charge in [0.15, 0.2) is 0 Å². The van der Waals surface area contributed by atoms with E-state index in [2.05, 4.69) is 11.1 Å². The van der Waals surface area contributed by atoms with Crippen LogP contribution >= 0.6 is 0 Å². The SMILES string of the molecule is N[C@@H](Cc1ccc(O)cc1)C(=O)O.Oc1ccc2c(c1)[nH]c1ccccc12. The van der Waals surface area contributed by atoms with Gasteiger partial charge in [0.05, 0.1) is 5.52 Å². The Hall–Kier alpha value is -3.51. The van der Waals surface area contributed by atoms with Gasteiger partial charge in [0.25, 0.3) is 0 Å². The van der Waals surface area contributed by atoms with Crippen LogP contribution in [0.1, 0.15) is 5.56 Å². The minimum atomic E-state index is -1.02. The third kappa shape index (κ3) is 4.37. The molecule has 0 saturated heterocycles. The van der Waals surface area contributed by atoms with Crippen LogP contribution in [0, 0.1) is 0 Å². The fourth-order valence-corrected chi connectivity index (χ4v) is 2.82. The van der Waals surface area contributed by atoms with Gasteiger partial charge in [-0.15, -0.1) is 0 Å². The number of nitrogens with one attached hydrogen (secondary N) is 1. The number of hydrogen-bond acceptors (Lipinski definition) is 4. The Morgan fingerprint density at radius 2 is 1.52 bits per heavy atom. The number of carboxylic acids is 1. The summed E-state index contributed by atoms with van der Waals surface area (Å²) in [5, 5.41) is 29.2. The maximum absolute atomic E-state index is 10.4. The lowest BCUT2D eigenvalue weighted by Gasteiger charge is -2.05. The van der Waals surface area contributed by atoms with Crippen LogP contribution in [0.15, 0.2) is 66.7 Å². The molecule has 0 radical (unpaired) electrons. The maximum atomic E-state index is 10.4. The second-order valence-electron chi connectivity index (χ2n) is 6.22. The van der Waals surface area contributed by atoms with Crippen molar-refractivity contribution in [2.24, 2.45) is 5.73 Å². The van der Waals surface area contributed by atoms with Crippen molar-refractivity contribution in [1.29, 1.82) is 0 Å². The molecule has 3 aromatic carbocycles. The van der Waals surface area contributed by atoms with Crippen LogP contribution in [0.5, 0.6) is 11.5 Å². The first-order valence-electron chi connectivity index (χ1n) is 8.40. The van der Waals surface area contributed by atoms with E-state index in [1.54, 1.807) is 24.3 Å². The van der Waals surface area contributed by atoms with E-state index in [4.69, 9.17) is 15.9 Å². The molecule has 0 amide bonds. The summed E-state index contributed by atoms with van der Waals surface area (Å²) in [6.07, 6.45) is 0.273. The second-order valence-corrected chi connectivity index (χ2v) is 6.22. The molecule has 1 aromatic heterocycles. The van der Waals surface area contributed by atoms with E-state index < -0.39 is 12.0 Å². The number of carboxylic acid groups (broad SMARTS) is 1. The number of phenolic OH excluding ortho intramolecular Hbond substituents is 2. The van der Waals surface area contributed by atoms with Crippen LogP contribution in [-0.2, 0) is 11.2 Å². The van der Waals surface area contributed by atoms with Gasteiger partial charge in [0.2, 0.25) is 0 Å². The molecular weight excluding hydrogens is 344 g/mol. The van der Waals surface area contributed by atoms with E-state index in [1.165, 1.54) is 17.5 Å². The summed E-state index contributed by atoms with van der Waals surface area (Å²) in [5.74, 6) is -0.565. The number of hydrogen-bond donors (Lipinski definition) is 5. The lowest BCUT2D eigenvalue weighted by atomic mass is 10.1. The predicted molar refractivity (Wildman–Crippen MR) is 105 cm³/mol. The molecule has 4 rings (SSSR count). The highest BCUT2D eigenvalue weighted by molar-refractivity contribution is 6.07. The van der Waals surface area contributed by atoms with Crippen LogP contribution in [0.25, 0.3) is 21.8 Å². The number of H-pyrrole nitrogens is 1. The van der Waals surface area contributed by atoms with Gasteiger partial charge in [0, 0.05) is 22.4 Å². The lowest BCUT2D eigenvalue weighted by Crippen LogP contribution is -2.32. The Labute approximate surface area is 155 Å². The van der Waals surface area contributed by atoms with E-state index in [-0.39, 0.29) is 12.2 Å². The highest BCUT2D eigenvalue weighted by atomic mass is 16.4. The Morgan fingerprint density at radius 3 is 2.22 bits per heavy atom. The number of rotatable bonds is 3. The first-order valence-corrected chi connectivity index (χ1v) is 8.40. The monoisotopic (exact) mass is 364 g/mol. The fraction of sp³-hybridized carbons (Fsp3) is 0.0952. The topological polar surface area (TPSA) is 120 Å². The third-order valence-corrected chi connectivity index (χ3v) is 4.20. The smallest absolute Gasteiger partial charge is 0.320 e. The predicted octanol–water partition coefficient (Wildman–Crippen LogP) is 3.37. The van der Waals surface area contributed by atoms with Crippen molar-refractivity contribution in [2.45, 2.75) is 12.5 Å². The largest absolute Gasteiger partial charge is 0.508 e. The molecule has 27 heavy (non-hydrogen) atoms. The van der Waals surface area contributed by atoms with Crippen molar-refractivity contribution in [3.63, 3.8) is 0 Å². The molecule has 6 N–H and O–H groups in total. The molecule has 0 aliphatic heterocycles. The summed E-state index contributed by atoms with van der Waals surface area (Å²) in [5.41, 5.74) is 8.21. The summed E-state index contributed by atoms with van der Waals surface area (Å²) in [6.45, 7) is 0. The second kappa shape index (κ2) is 7.80. The van der Waals surface area contributed by atoms with Crippen molar-refractivity contribution in [3.8, 4) is 11.5 Å². The number of phenols is 2. The molecule has 0 fully saturated rings. The molecule has 0 saturated carbocycles. The molecule has 0 bridgehead atoms. The van der Waals surface area contributed by atoms with Gasteiger partial charge in [-0.3, -0.25) is 4.79 Å². The van der Waals surface area contributed by atoms with Gasteiger partial charge in [-0.2, -0.15) is 0 Å². The maximum Gasteiger partial charge on any atom is 0.320 e. The standard InChI is InChI=1S/C12H9NO.C9H11NO3/c14-8-5-6-10-9-3-1-2-4-11(9)13-12(10)7-8;10-8(9(12)13)5-6-1-3-7(11)4-2-6/h1-7,13-14H;1-4,8,11H,5,10H2,(H,12,13)/t;8-/m.0/s1. The fourth-order valence-electron chi connectivity index (χ4n) is 2.82. The molecule has 0 unspecified atom stereocenters. The highest BCUT2D eigenvalue weighted by Crippen LogP contribution is 2.27. The van der Waals surface area contributed by atoms with Gasteiger partial charge < -0.3 is 26.0 Å². The van der Waals surface area contributed by atoms with Crippen molar-refractivity contribution in [1.82, 2.24) is 4.98 Å². The lowest BCUT2D eigenvalue weighted by molar-refractivity contribution is -0.138. The quantitative estimate of drug-likeness (QED) is 0.382. The van der Waals surface area contributed by atoms with E-state index >= 15 is 0 Å². The number of aromatic hydroxyl groups is 2. The number of aromatic amines is 1. The van der Waals surface area contributed by atoms with Gasteiger partial charge >= 0.3 is 5.97 Å². The molecular formula is C21H20N2O4. The number of para-hydroxylation sites is 1. The number of aromatic nitrogens is 1. The molecule has 0 aliphatic carbocycles. The molecule has 6 heteroatoms. The number of carbonyl (C=O) groups is 1. The van der Waals surface area contributed by atoms with Crippen molar-refractivity contribution >= 4 is 27.8 Å². The molecule has 4 aromatic rings. The summed E-state index contributed by atoms with van der Waals surface area (Å²) in [4.78, 5) is 13.7. The number of nitrogens with two attached hydrogens (primary N) is 1. The van der Waals surface area contributed by atoms with Crippen LogP contribution in [-0.4, -0.2) is 32.3 Å². The van der Waals surface area contributed by atoms with E-state index in [1.807, 2.05) is 24.3 Å². The summed E-state index contributed by atoms with van der Waals surface area (Å²) >= 11 is 0. The van der Waals surface area contributed by atoms with Crippen molar-refractivity contribution in [3.05, 3.63) is 72.3 Å². The normalized spacial score (nSPS) is 11.7. The Balaban J connectivity index is 0.000000157. The van der Waals surface area contributed by atoms with Crippen molar-refractivity contribution in [2.75, 3.05) is 0 Å². The Kier molecular flexibility index (Phi) is 5.28. The first-order chi connectivity index (χ1) is 12.9. The molecule has 6 nitrogen and oxygen atoms in total. The summed E-state index contributed by atoms with van der Waals surface area (Å²) < 4.78 is 0. The van der Waals surface area contributed by atoms with Crippen LogP contribution in [0.3, 0.4) is 0 Å². The first kappa shape index (κ1) is 18.3. The minimum Gasteiger partial charge on any atom is -0.508 e. The molecule has 1 heterocycles. The number of fused-ring (bicyclic) bond motifs is 3. The Morgan fingerprint density at radius 1 is 0.889 bits per heavy atom. The average molecular weight is 364 g/mol. The van der Waals surface area contributed by atoms with Gasteiger partial charge in [-0.25, -0.2) is 0 Å². The van der Waals surface area contributed by atoms with Crippen LogP contribution in [0.2, 0.25) is 0 Å². The van der Waals surface area contributed by atoms with Gasteiger partial charge in [-0.05, 0) is 42.3 Å². The zero-order valence-electron chi connectivity index (χ0n) is 14.5. The molecule has 0 aliphatic rings. The van der Waals surface area contributed by atoms with Crippen LogP contribution in [0.4, 0.5) is 0 Å². The van der Waals surface area contributed by atoms with Crippen molar-refractivity contribution < 1.29 is 20.1 Å². The molecule has 1 atom stereocenters. The average Bonchev–Trinajstić information content (AvgIpc) is 3.01. The molecule has 138 valence electrons. The highest BCUT2D eigenvalue weighted by Gasteiger charge is 2.11. The van der Waals surface area contributed by atoms with E-state index in [0.717, 1.165) is 22.0 Å². The number of aliphatic carboxylic acids is 1.